The molecule has 1 aromatic rings. The van der Waals surface area contributed by atoms with E-state index in [9.17, 15) is 0 Å². The van der Waals surface area contributed by atoms with Crippen molar-refractivity contribution in [2.75, 3.05) is 6.54 Å². The highest BCUT2D eigenvalue weighted by atomic mass is 14.9. The summed E-state index contributed by atoms with van der Waals surface area (Å²) in [5.74, 6) is 0. The molecular weight excluding hydrogens is 184 g/mol. The van der Waals surface area contributed by atoms with Gasteiger partial charge in [0.1, 0.15) is 0 Å². The van der Waals surface area contributed by atoms with Gasteiger partial charge in [-0.15, -0.1) is 0 Å². The van der Waals surface area contributed by atoms with Gasteiger partial charge in [-0.1, -0.05) is 26.8 Å². The van der Waals surface area contributed by atoms with E-state index in [1.807, 2.05) is 18.3 Å². The van der Waals surface area contributed by atoms with Gasteiger partial charge in [-0.05, 0) is 30.9 Å². The predicted octanol–water partition coefficient (Wildman–Crippen LogP) is 3.17. The maximum Gasteiger partial charge on any atom is 0.0570 e. The molecule has 1 N–H and O–H groups in total. The third kappa shape index (κ3) is 4.00. The minimum atomic E-state index is 0.331. The molecule has 1 unspecified atom stereocenters. The second-order valence-corrected chi connectivity index (χ2v) is 4.87. The minimum Gasteiger partial charge on any atom is -0.308 e. The van der Waals surface area contributed by atoms with Crippen molar-refractivity contribution in [3.8, 4) is 0 Å². The Balaban J connectivity index is 2.47. The van der Waals surface area contributed by atoms with Crippen LogP contribution in [0, 0.1) is 5.41 Å². The average Bonchev–Trinajstić information content (AvgIpc) is 2.27. The van der Waals surface area contributed by atoms with Crippen LogP contribution in [0.25, 0.3) is 0 Å². The highest BCUT2D eigenvalue weighted by molar-refractivity contribution is 5.07. The standard InChI is InChI=1S/C13H22N2/c1-5-13(3,4)10-15-11(2)12-8-6-7-9-14-12/h6-9,11,15H,5,10H2,1-4H3. The lowest BCUT2D eigenvalue weighted by Crippen LogP contribution is -2.31. The summed E-state index contributed by atoms with van der Waals surface area (Å²) >= 11 is 0. The average molecular weight is 206 g/mol. The molecule has 0 bridgehead atoms. The summed E-state index contributed by atoms with van der Waals surface area (Å²) in [5, 5.41) is 3.53. The summed E-state index contributed by atoms with van der Waals surface area (Å²) < 4.78 is 0. The predicted molar refractivity (Wildman–Crippen MR) is 64.7 cm³/mol. The van der Waals surface area contributed by atoms with E-state index in [-0.39, 0.29) is 0 Å². The molecule has 0 aromatic carbocycles. The quantitative estimate of drug-likeness (QED) is 0.800. The summed E-state index contributed by atoms with van der Waals surface area (Å²) in [7, 11) is 0. The van der Waals surface area contributed by atoms with Gasteiger partial charge in [0.15, 0.2) is 0 Å². The monoisotopic (exact) mass is 206 g/mol. The lowest BCUT2D eigenvalue weighted by atomic mass is 9.90. The van der Waals surface area contributed by atoms with Crippen LogP contribution >= 0.6 is 0 Å². The number of nitrogens with zero attached hydrogens (tertiary/aromatic N) is 1. The van der Waals surface area contributed by atoms with Crippen LogP contribution in [0.4, 0.5) is 0 Å². The molecular formula is C13H22N2. The molecule has 2 heteroatoms. The van der Waals surface area contributed by atoms with Crippen molar-refractivity contribution in [2.45, 2.75) is 40.2 Å². The number of hydrogen-bond donors (Lipinski definition) is 1. The van der Waals surface area contributed by atoms with Gasteiger partial charge in [0.2, 0.25) is 0 Å². The van der Waals surface area contributed by atoms with E-state index in [2.05, 4.69) is 44.1 Å². The van der Waals surface area contributed by atoms with E-state index >= 15 is 0 Å². The third-order valence-corrected chi connectivity index (χ3v) is 2.98. The van der Waals surface area contributed by atoms with Gasteiger partial charge in [-0.2, -0.15) is 0 Å². The summed E-state index contributed by atoms with van der Waals surface area (Å²) in [5.41, 5.74) is 1.48. The summed E-state index contributed by atoms with van der Waals surface area (Å²) in [4.78, 5) is 4.34. The summed E-state index contributed by atoms with van der Waals surface area (Å²) in [6, 6.07) is 6.38. The van der Waals surface area contributed by atoms with Crippen molar-refractivity contribution in [3.63, 3.8) is 0 Å². The van der Waals surface area contributed by atoms with Gasteiger partial charge < -0.3 is 5.32 Å². The second kappa shape index (κ2) is 5.26. The van der Waals surface area contributed by atoms with E-state index in [4.69, 9.17) is 0 Å². The Bertz CT molecular complexity index is 280. The van der Waals surface area contributed by atoms with Crippen LogP contribution in [0.2, 0.25) is 0 Å². The molecule has 0 fully saturated rings. The lowest BCUT2D eigenvalue weighted by Gasteiger charge is -2.25. The number of nitrogens with one attached hydrogen (secondary N) is 1. The molecule has 0 radical (unpaired) electrons. The molecule has 0 saturated carbocycles. The molecule has 2 nitrogen and oxygen atoms in total. The highest BCUT2D eigenvalue weighted by Gasteiger charge is 2.16. The number of pyridine rings is 1. The van der Waals surface area contributed by atoms with Crippen LogP contribution in [0.15, 0.2) is 24.4 Å². The summed E-state index contributed by atoms with van der Waals surface area (Å²) in [6.45, 7) is 9.98. The van der Waals surface area contributed by atoms with E-state index in [1.165, 1.54) is 6.42 Å². The minimum absolute atomic E-state index is 0.331. The fourth-order valence-electron chi connectivity index (χ4n) is 1.29. The van der Waals surface area contributed by atoms with Gasteiger partial charge in [0.05, 0.1) is 5.69 Å². The second-order valence-electron chi connectivity index (χ2n) is 4.87. The van der Waals surface area contributed by atoms with E-state index in [0.717, 1.165) is 12.2 Å². The Morgan fingerprint density at radius 3 is 2.67 bits per heavy atom. The zero-order valence-corrected chi connectivity index (χ0v) is 10.2. The van der Waals surface area contributed by atoms with Crippen LogP contribution in [0.3, 0.4) is 0 Å². The van der Waals surface area contributed by atoms with Gasteiger partial charge in [-0.3, -0.25) is 4.98 Å². The van der Waals surface area contributed by atoms with E-state index < -0.39 is 0 Å². The molecule has 0 spiro atoms. The molecule has 0 aliphatic heterocycles. The topological polar surface area (TPSA) is 24.9 Å². The highest BCUT2D eigenvalue weighted by Crippen LogP contribution is 2.19. The van der Waals surface area contributed by atoms with Crippen molar-refractivity contribution >= 4 is 0 Å². The Kier molecular flexibility index (Phi) is 4.28. The Labute approximate surface area is 93.1 Å². The van der Waals surface area contributed by atoms with Crippen LogP contribution in [0.1, 0.15) is 45.9 Å². The molecule has 0 amide bonds. The number of aromatic nitrogens is 1. The first-order valence-electron chi connectivity index (χ1n) is 5.69. The van der Waals surface area contributed by atoms with Crippen LogP contribution in [-0.4, -0.2) is 11.5 Å². The maximum atomic E-state index is 4.34. The molecule has 1 heterocycles. The molecule has 0 saturated heterocycles. The lowest BCUT2D eigenvalue weighted by molar-refractivity contribution is 0.312. The number of hydrogen-bond acceptors (Lipinski definition) is 2. The van der Waals surface area contributed by atoms with Crippen molar-refractivity contribution < 1.29 is 0 Å². The van der Waals surface area contributed by atoms with Crippen molar-refractivity contribution in [1.82, 2.24) is 10.3 Å². The first kappa shape index (κ1) is 12.2. The zero-order chi connectivity index (χ0) is 11.3. The molecule has 0 aliphatic rings. The van der Waals surface area contributed by atoms with Gasteiger partial charge in [0, 0.05) is 18.8 Å². The van der Waals surface area contributed by atoms with Crippen LogP contribution < -0.4 is 5.32 Å². The normalized spacial score (nSPS) is 13.9. The largest absolute Gasteiger partial charge is 0.308 e. The SMILES string of the molecule is CCC(C)(C)CNC(C)c1ccccn1. The van der Waals surface area contributed by atoms with Crippen LogP contribution in [-0.2, 0) is 0 Å². The van der Waals surface area contributed by atoms with Crippen molar-refractivity contribution in [2.24, 2.45) is 5.41 Å². The first-order chi connectivity index (χ1) is 7.05. The Morgan fingerprint density at radius 1 is 1.40 bits per heavy atom. The fourth-order valence-corrected chi connectivity index (χ4v) is 1.29. The number of rotatable bonds is 5. The Hall–Kier alpha value is -0.890. The third-order valence-electron chi connectivity index (χ3n) is 2.98. The fraction of sp³-hybridized carbons (Fsp3) is 0.615. The molecule has 1 aromatic heterocycles. The van der Waals surface area contributed by atoms with Gasteiger partial charge in [0.25, 0.3) is 0 Å². The maximum absolute atomic E-state index is 4.34. The van der Waals surface area contributed by atoms with E-state index in [1.54, 1.807) is 0 Å². The summed E-state index contributed by atoms with van der Waals surface area (Å²) in [6.07, 6.45) is 3.04. The van der Waals surface area contributed by atoms with Crippen LogP contribution in [0.5, 0.6) is 0 Å². The first-order valence-corrected chi connectivity index (χ1v) is 5.69. The molecule has 0 aliphatic carbocycles. The van der Waals surface area contributed by atoms with Gasteiger partial charge >= 0.3 is 0 Å². The van der Waals surface area contributed by atoms with Crippen molar-refractivity contribution in [1.29, 1.82) is 0 Å². The zero-order valence-electron chi connectivity index (χ0n) is 10.2. The van der Waals surface area contributed by atoms with E-state index in [0.29, 0.717) is 11.5 Å². The molecule has 1 atom stereocenters. The molecule has 84 valence electrons. The van der Waals surface area contributed by atoms with Gasteiger partial charge in [-0.25, -0.2) is 0 Å². The Morgan fingerprint density at radius 2 is 2.13 bits per heavy atom. The molecule has 1 rings (SSSR count). The smallest absolute Gasteiger partial charge is 0.0570 e. The molecule has 15 heavy (non-hydrogen) atoms. The van der Waals surface area contributed by atoms with Crippen molar-refractivity contribution in [3.05, 3.63) is 30.1 Å².